The Bertz CT molecular complexity index is 662. The molecule has 22 heavy (non-hydrogen) atoms. The van der Waals surface area contributed by atoms with Crippen LogP contribution in [0.15, 0.2) is 30.6 Å². The van der Waals surface area contributed by atoms with Gasteiger partial charge in [0.2, 0.25) is 5.91 Å². The summed E-state index contributed by atoms with van der Waals surface area (Å²) in [6.45, 7) is 3.80. The lowest BCUT2D eigenvalue weighted by molar-refractivity contribution is -0.123. The van der Waals surface area contributed by atoms with Gasteiger partial charge in [-0.1, -0.05) is 13.0 Å². The van der Waals surface area contributed by atoms with E-state index in [1.165, 1.54) is 0 Å². The summed E-state index contributed by atoms with van der Waals surface area (Å²) in [5.41, 5.74) is 2.10. The van der Waals surface area contributed by atoms with Crippen LogP contribution in [0.4, 0.5) is 0 Å². The molecular formula is C17H22N4O. The molecule has 4 rings (SSSR count). The second kappa shape index (κ2) is 5.39. The lowest BCUT2D eigenvalue weighted by Crippen LogP contribution is -2.38. The Balaban J connectivity index is 1.45. The Kier molecular flexibility index (Phi) is 3.37. The van der Waals surface area contributed by atoms with Gasteiger partial charge < -0.3 is 9.72 Å². The number of nitrogens with one attached hydrogen (secondary N) is 1. The second-order valence-electron chi connectivity index (χ2n) is 6.62. The highest BCUT2D eigenvalue weighted by Gasteiger charge is 2.39. The smallest absolute Gasteiger partial charge is 0.224 e. The quantitative estimate of drug-likeness (QED) is 0.941. The number of carbonyl (C=O) groups is 1. The molecule has 0 radical (unpaired) electrons. The van der Waals surface area contributed by atoms with Gasteiger partial charge in [0.15, 0.2) is 0 Å². The Morgan fingerprint density at radius 3 is 3.09 bits per heavy atom. The number of likely N-dealkylation sites (tertiary alicyclic amines) is 1. The Labute approximate surface area is 130 Å². The maximum absolute atomic E-state index is 12.0. The number of imidazole rings is 1. The first kappa shape index (κ1) is 13.8. The SMILES string of the molecule is CC1CC1C(=O)NCN1CCCC1c1cn2ccccc2n1. The normalized spacial score (nSPS) is 28.1. The molecule has 3 atom stereocenters. The molecule has 5 heteroatoms. The number of fused-ring (bicyclic) bond motifs is 1. The van der Waals surface area contributed by atoms with E-state index in [-0.39, 0.29) is 11.8 Å². The fourth-order valence-corrected chi connectivity index (χ4v) is 3.46. The van der Waals surface area contributed by atoms with Crippen molar-refractivity contribution in [2.24, 2.45) is 11.8 Å². The molecule has 5 nitrogen and oxygen atoms in total. The van der Waals surface area contributed by atoms with E-state index in [9.17, 15) is 4.79 Å². The molecule has 1 aliphatic carbocycles. The van der Waals surface area contributed by atoms with E-state index in [4.69, 9.17) is 4.98 Å². The van der Waals surface area contributed by atoms with E-state index in [2.05, 4.69) is 27.7 Å². The van der Waals surface area contributed by atoms with Gasteiger partial charge >= 0.3 is 0 Å². The molecule has 1 N–H and O–H groups in total. The fourth-order valence-electron chi connectivity index (χ4n) is 3.46. The number of amides is 1. The van der Waals surface area contributed by atoms with E-state index < -0.39 is 0 Å². The van der Waals surface area contributed by atoms with Crippen LogP contribution in [-0.4, -0.2) is 33.4 Å². The van der Waals surface area contributed by atoms with Crippen molar-refractivity contribution < 1.29 is 4.79 Å². The molecule has 1 aliphatic heterocycles. The maximum atomic E-state index is 12.0. The van der Waals surface area contributed by atoms with Crippen molar-refractivity contribution in [2.45, 2.75) is 32.2 Å². The molecule has 0 aromatic carbocycles. The molecule has 1 saturated carbocycles. The predicted octanol–water partition coefficient (Wildman–Crippen LogP) is 2.20. The molecule has 3 unspecified atom stereocenters. The third-order valence-corrected chi connectivity index (χ3v) is 4.99. The monoisotopic (exact) mass is 298 g/mol. The first-order chi connectivity index (χ1) is 10.7. The van der Waals surface area contributed by atoms with Crippen molar-refractivity contribution in [1.82, 2.24) is 19.6 Å². The average Bonchev–Trinajstić information content (AvgIpc) is 2.94. The standard InChI is InChI=1S/C17H22N4O/c1-12-9-13(12)17(22)18-11-21-8-4-5-15(21)14-10-20-7-3-2-6-16(20)19-14/h2-3,6-7,10,12-13,15H,4-5,8-9,11H2,1H3,(H,18,22). The molecule has 2 fully saturated rings. The highest BCUT2D eigenvalue weighted by atomic mass is 16.2. The van der Waals surface area contributed by atoms with Crippen molar-refractivity contribution >= 4 is 11.6 Å². The van der Waals surface area contributed by atoms with Crippen LogP contribution >= 0.6 is 0 Å². The van der Waals surface area contributed by atoms with Crippen LogP contribution in [0.5, 0.6) is 0 Å². The maximum Gasteiger partial charge on any atom is 0.224 e. The highest BCUT2D eigenvalue weighted by molar-refractivity contribution is 5.81. The van der Waals surface area contributed by atoms with E-state index in [0.29, 0.717) is 18.6 Å². The number of pyridine rings is 1. The molecule has 2 aromatic rings. The van der Waals surface area contributed by atoms with Gasteiger partial charge in [0.05, 0.1) is 18.4 Å². The van der Waals surface area contributed by atoms with E-state index in [1.807, 2.05) is 24.4 Å². The summed E-state index contributed by atoms with van der Waals surface area (Å²) in [5.74, 6) is 1.03. The van der Waals surface area contributed by atoms with E-state index in [1.54, 1.807) is 0 Å². The summed E-state index contributed by atoms with van der Waals surface area (Å²) in [5, 5.41) is 3.10. The average molecular weight is 298 g/mol. The summed E-state index contributed by atoms with van der Waals surface area (Å²) in [6.07, 6.45) is 7.46. The molecule has 3 heterocycles. The summed E-state index contributed by atoms with van der Waals surface area (Å²) < 4.78 is 2.07. The van der Waals surface area contributed by atoms with Crippen molar-refractivity contribution in [3.8, 4) is 0 Å². The van der Waals surface area contributed by atoms with Crippen molar-refractivity contribution in [1.29, 1.82) is 0 Å². The lowest BCUT2D eigenvalue weighted by atomic mass is 10.2. The van der Waals surface area contributed by atoms with Crippen LogP contribution in [0.2, 0.25) is 0 Å². The van der Waals surface area contributed by atoms with E-state index >= 15 is 0 Å². The van der Waals surface area contributed by atoms with Gasteiger partial charge in [-0.05, 0) is 37.3 Å². The zero-order chi connectivity index (χ0) is 15.1. The minimum atomic E-state index is 0.216. The first-order valence-corrected chi connectivity index (χ1v) is 8.18. The summed E-state index contributed by atoms with van der Waals surface area (Å²) in [6, 6.07) is 6.37. The van der Waals surface area contributed by atoms with Crippen LogP contribution in [-0.2, 0) is 4.79 Å². The Hall–Kier alpha value is -1.88. The zero-order valence-corrected chi connectivity index (χ0v) is 12.9. The Morgan fingerprint density at radius 1 is 1.45 bits per heavy atom. The number of aromatic nitrogens is 2. The molecule has 1 saturated heterocycles. The Morgan fingerprint density at radius 2 is 2.32 bits per heavy atom. The molecule has 0 bridgehead atoms. The van der Waals surface area contributed by atoms with Crippen LogP contribution in [0, 0.1) is 11.8 Å². The predicted molar refractivity (Wildman–Crippen MR) is 84.2 cm³/mol. The number of carbonyl (C=O) groups excluding carboxylic acids is 1. The molecule has 2 aliphatic rings. The van der Waals surface area contributed by atoms with Gasteiger partial charge in [-0.25, -0.2) is 4.98 Å². The number of hydrogen-bond acceptors (Lipinski definition) is 3. The van der Waals surface area contributed by atoms with Gasteiger partial charge in [0.1, 0.15) is 5.65 Å². The van der Waals surface area contributed by atoms with Gasteiger partial charge in [0.25, 0.3) is 0 Å². The van der Waals surface area contributed by atoms with Gasteiger partial charge in [0, 0.05) is 24.9 Å². The van der Waals surface area contributed by atoms with Crippen LogP contribution in [0.1, 0.15) is 37.9 Å². The molecule has 2 aromatic heterocycles. The van der Waals surface area contributed by atoms with Crippen LogP contribution in [0.25, 0.3) is 5.65 Å². The summed E-state index contributed by atoms with van der Waals surface area (Å²) in [7, 11) is 0. The fraction of sp³-hybridized carbons (Fsp3) is 0.529. The van der Waals surface area contributed by atoms with E-state index in [0.717, 1.165) is 37.1 Å². The lowest BCUT2D eigenvalue weighted by Gasteiger charge is -2.23. The largest absolute Gasteiger partial charge is 0.343 e. The third-order valence-electron chi connectivity index (χ3n) is 4.99. The number of rotatable bonds is 4. The van der Waals surface area contributed by atoms with Crippen LogP contribution in [0.3, 0.4) is 0 Å². The zero-order valence-electron chi connectivity index (χ0n) is 12.9. The molecule has 0 spiro atoms. The van der Waals surface area contributed by atoms with Crippen LogP contribution < -0.4 is 5.32 Å². The van der Waals surface area contributed by atoms with Gasteiger partial charge in [-0.2, -0.15) is 0 Å². The summed E-state index contributed by atoms with van der Waals surface area (Å²) >= 11 is 0. The van der Waals surface area contributed by atoms with Gasteiger partial charge in [-0.15, -0.1) is 0 Å². The first-order valence-electron chi connectivity index (χ1n) is 8.18. The van der Waals surface area contributed by atoms with Crippen molar-refractivity contribution in [3.63, 3.8) is 0 Å². The highest BCUT2D eigenvalue weighted by Crippen LogP contribution is 2.38. The second-order valence-corrected chi connectivity index (χ2v) is 6.62. The topological polar surface area (TPSA) is 49.6 Å². The number of nitrogens with zero attached hydrogens (tertiary/aromatic N) is 3. The minimum Gasteiger partial charge on any atom is -0.343 e. The van der Waals surface area contributed by atoms with Crippen molar-refractivity contribution in [2.75, 3.05) is 13.2 Å². The molecule has 1 amide bonds. The third kappa shape index (κ3) is 2.50. The number of hydrogen-bond donors (Lipinski definition) is 1. The van der Waals surface area contributed by atoms with Gasteiger partial charge in [-0.3, -0.25) is 9.69 Å². The molecule has 116 valence electrons. The summed E-state index contributed by atoms with van der Waals surface area (Å²) in [4.78, 5) is 19.1. The minimum absolute atomic E-state index is 0.216. The van der Waals surface area contributed by atoms with Crippen molar-refractivity contribution in [3.05, 3.63) is 36.3 Å². The molecular weight excluding hydrogens is 276 g/mol.